The number of rotatable bonds is 6. The van der Waals surface area contributed by atoms with Crippen molar-refractivity contribution in [2.75, 3.05) is 24.1 Å². The van der Waals surface area contributed by atoms with E-state index in [1.165, 1.54) is 22.5 Å². The van der Waals surface area contributed by atoms with Crippen LogP contribution in [-0.2, 0) is 10.0 Å². The van der Waals surface area contributed by atoms with E-state index >= 15 is 0 Å². The minimum Gasteiger partial charge on any atom is -0.382 e. The van der Waals surface area contributed by atoms with Gasteiger partial charge in [0.1, 0.15) is 16.5 Å². The van der Waals surface area contributed by atoms with Gasteiger partial charge in [-0.1, -0.05) is 41.7 Å². The van der Waals surface area contributed by atoms with Gasteiger partial charge in [-0.15, -0.1) is 0 Å². The SMILES string of the molecule is Nc1nc(NC2CCN(S(=O)(=O)c3ccccc3)CC2)sc1C(=O)c1cccc(F)c1. The largest absolute Gasteiger partial charge is 0.382 e. The van der Waals surface area contributed by atoms with Gasteiger partial charge in [0, 0.05) is 24.7 Å². The van der Waals surface area contributed by atoms with Crippen LogP contribution >= 0.6 is 11.3 Å². The maximum Gasteiger partial charge on any atom is 0.243 e. The van der Waals surface area contributed by atoms with Gasteiger partial charge in [-0.3, -0.25) is 4.79 Å². The number of nitrogen functional groups attached to an aromatic ring is 1. The number of aromatic nitrogens is 1. The number of nitrogens with one attached hydrogen (secondary N) is 1. The van der Waals surface area contributed by atoms with Crippen LogP contribution in [0.15, 0.2) is 59.5 Å². The molecule has 1 aliphatic rings. The number of hydrogen-bond acceptors (Lipinski definition) is 7. The van der Waals surface area contributed by atoms with E-state index in [-0.39, 0.29) is 33.0 Å². The van der Waals surface area contributed by atoms with Crippen LogP contribution in [-0.4, -0.2) is 42.6 Å². The molecule has 1 saturated heterocycles. The minimum atomic E-state index is -3.51. The van der Waals surface area contributed by atoms with Crippen molar-refractivity contribution in [2.45, 2.75) is 23.8 Å². The van der Waals surface area contributed by atoms with Gasteiger partial charge in [0.2, 0.25) is 15.8 Å². The van der Waals surface area contributed by atoms with Crippen LogP contribution in [0, 0.1) is 5.82 Å². The Kier molecular flexibility index (Phi) is 6.03. The number of nitrogens with zero attached hydrogens (tertiary/aromatic N) is 2. The number of halogens is 1. The molecule has 0 atom stereocenters. The first-order valence-electron chi connectivity index (χ1n) is 9.73. The van der Waals surface area contributed by atoms with Crippen molar-refractivity contribution >= 4 is 38.1 Å². The summed E-state index contributed by atoms with van der Waals surface area (Å²) < 4.78 is 40.4. The monoisotopic (exact) mass is 460 g/mol. The van der Waals surface area contributed by atoms with Crippen molar-refractivity contribution in [3.05, 3.63) is 70.9 Å². The molecule has 3 aromatic rings. The van der Waals surface area contributed by atoms with E-state index in [0.29, 0.717) is 31.1 Å². The minimum absolute atomic E-state index is 0.00453. The number of carbonyl (C=O) groups excluding carboxylic acids is 1. The van der Waals surface area contributed by atoms with E-state index in [1.54, 1.807) is 30.3 Å². The second kappa shape index (κ2) is 8.74. The van der Waals surface area contributed by atoms with E-state index in [0.717, 1.165) is 17.4 Å². The molecule has 2 heterocycles. The Labute approximate surface area is 183 Å². The highest BCUT2D eigenvalue weighted by atomic mass is 32.2. The summed E-state index contributed by atoms with van der Waals surface area (Å²) in [7, 11) is -3.51. The fraction of sp³-hybridized carbons (Fsp3) is 0.238. The Morgan fingerprint density at radius 1 is 1.13 bits per heavy atom. The van der Waals surface area contributed by atoms with Crippen LogP contribution in [0.4, 0.5) is 15.3 Å². The number of ketones is 1. The molecule has 4 rings (SSSR count). The number of sulfonamides is 1. The fourth-order valence-electron chi connectivity index (χ4n) is 3.47. The highest BCUT2D eigenvalue weighted by Crippen LogP contribution is 2.30. The fourth-order valence-corrected chi connectivity index (χ4v) is 5.89. The molecular formula is C21H21FN4O3S2. The van der Waals surface area contributed by atoms with E-state index in [1.807, 2.05) is 0 Å². The van der Waals surface area contributed by atoms with Gasteiger partial charge in [0.05, 0.1) is 4.90 Å². The number of carbonyl (C=O) groups is 1. The number of anilines is 2. The molecule has 1 aliphatic heterocycles. The Balaban J connectivity index is 1.40. The Morgan fingerprint density at radius 2 is 1.84 bits per heavy atom. The quantitative estimate of drug-likeness (QED) is 0.547. The highest BCUT2D eigenvalue weighted by Gasteiger charge is 2.30. The molecule has 31 heavy (non-hydrogen) atoms. The van der Waals surface area contributed by atoms with Crippen LogP contribution < -0.4 is 11.1 Å². The van der Waals surface area contributed by atoms with E-state index < -0.39 is 15.8 Å². The number of thiazole rings is 1. The second-order valence-electron chi connectivity index (χ2n) is 7.21. The van der Waals surface area contributed by atoms with Crippen LogP contribution in [0.3, 0.4) is 0 Å². The van der Waals surface area contributed by atoms with Crippen molar-refractivity contribution in [1.29, 1.82) is 0 Å². The zero-order valence-electron chi connectivity index (χ0n) is 16.5. The third kappa shape index (κ3) is 4.60. The maximum atomic E-state index is 13.4. The first-order valence-corrected chi connectivity index (χ1v) is 12.0. The number of benzene rings is 2. The molecule has 0 saturated carbocycles. The van der Waals surface area contributed by atoms with Crippen molar-refractivity contribution in [3.8, 4) is 0 Å². The summed E-state index contributed by atoms with van der Waals surface area (Å²) in [6, 6.07) is 13.8. The molecule has 3 N–H and O–H groups in total. The average molecular weight is 461 g/mol. The van der Waals surface area contributed by atoms with Crippen LogP contribution in [0.1, 0.15) is 28.1 Å². The predicted octanol–water partition coefficient (Wildman–Crippen LogP) is 3.36. The zero-order chi connectivity index (χ0) is 22.0. The Hall–Kier alpha value is -2.82. The van der Waals surface area contributed by atoms with E-state index in [9.17, 15) is 17.6 Å². The molecule has 0 aliphatic carbocycles. The standard InChI is InChI=1S/C21H21FN4O3S2/c22-15-6-4-5-14(13-15)18(27)19-20(23)25-21(30-19)24-16-9-11-26(12-10-16)31(28,29)17-7-2-1-3-8-17/h1-8,13,16H,9-12,23H2,(H,24,25). The Bertz CT molecular complexity index is 1190. The van der Waals surface area contributed by atoms with Gasteiger partial charge in [-0.05, 0) is 37.1 Å². The summed E-state index contributed by atoms with van der Waals surface area (Å²) >= 11 is 1.11. The molecule has 7 nitrogen and oxygen atoms in total. The van der Waals surface area contributed by atoms with Crippen molar-refractivity contribution in [2.24, 2.45) is 0 Å². The molecular weight excluding hydrogens is 439 g/mol. The van der Waals surface area contributed by atoms with Crippen LogP contribution in [0.5, 0.6) is 0 Å². The van der Waals surface area contributed by atoms with Gasteiger partial charge < -0.3 is 11.1 Å². The summed E-state index contributed by atoms with van der Waals surface area (Å²) in [4.78, 5) is 17.4. The van der Waals surface area contributed by atoms with Crippen LogP contribution in [0.2, 0.25) is 0 Å². The predicted molar refractivity (Wildman–Crippen MR) is 118 cm³/mol. The second-order valence-corrected chi connectivity index (χ2v) is 10.1. The lowest BCUT2D eigenvalue weighted by Crippen LogP contribution is -2.42. The summed E-state index contributed by atoms with van der Waals surface area (Å²) in [6.07, 6.45) is 1.19. The molecule has 2 aromatic carbocycles. The lowest BCUT2D eigenvalue weighted by molar-refractivity contribution is 0.104. The molecule has 0 spiro atoms. The van der Waals surface area contributed by atoms with Gasteiger partial charge in [-0.25, -0.2) is 17.8 Å². The van der Waals surface area contributed by atoms with E-state index in [4.69, 9.17) is 5.73 Å². The lowest BCUT2D eigenvalue weighted by atomic mass is 10.1. The first kappa shape index (κ1) is 21.4. The summed E-state index contributed by atoms with van der Waals surface area (Å²) in [5.74, 6) is -0.790. The first-order chi connectivity index (χ1) is 14.8. The van der Waals surface area contributed by atoms with Crippen LogP contribution in [0.25, 0.3) is 0 Å². The Morgan fingerprint density at radius 3 is 2.52 bits per heavy atom. The number of nitrogens with two attached hydrogens (primary N) is 1. The maximum absolute atomic E-state index is 13.4. The highest BCUT2D eigenvalue weighted by molar-refractivity contribution is 7.89. The van der Waals surface area contributed by atoms with Gasteiger partial charge >= 0.3 is 0 Å². The van der Waals surface area contributed by atoms with Gasteiger partial charge in [-0.2, -0.15) is 4.31 Å². The van der Waals surface area contributed by atoms with Gasteiger partial charge in [0.15, 0.2) is 5.13 Å². The molecule has 0 radical (unpaired) electrons. The van der Waals surface area contributed by atoms with Crippen molar-refractivity contribution in [3.63, 3.8) is 0 Å². The molecule has 0 amide bonds. The molecule has 1 aromatic heterocycles. The van der Waals surface area contributed by atoms with E-state index in [2.05, 4.69) is 10.3 Å². The third-order valence-electron chi connectivity index (χ3n) is 5.11. The number of hydrogen-bond donors (Lipinski definition) is 2. The molecule has 0 bridgehead atoms. The number of piperidine rings is 1. The smallest absolute Gasteiger partial charge is 0.243 e. The molecule has 10 heteroatoms. The van der Waals surface area contributed by atoms with Crippen molar-refractivity contribution < 1.29 is 17.6 Å². The zero-order valence-corrected chi connectivity index (χ0v) is 18.1. The molecule has 162 valence electrons. The average Bonchev–Trinajstić information content (AvgIpc) is 3.14. The third-order valence-corrected chi connectivity index (χ3v) is 8.02. The topological polar surface area (TPSA) is 105 Å². The summed E-state index contributed by atoms with van der Waals surface area (Å²) in [6.45, 7) is 0.760. The molecule has 0 unspecified atom stereocenters. The molecule has 1 fully saturated rings. The summed E-state index contributed by atoms with van der Waals surface area (Å²) in [5, 5.41) is 3.74. The van der Waals surface area contributed by atoms with Crippen molar-refractivity contribution in [1.82, 2.24) is 9.29 Å². The lowest BCUT2D eigenvalue weighted by Gasteiger charge is -2.31. The summed E-state index contributed by atoms with van der Waals surface area (Å²) in [5.41, 5.74) is 6.13. The van der Waals surface area contributed by atoms with Gasteiger partial charge in [0.25, 0.3) is 0 Å². The normalized spacial score (nSPS) is 15.6.